The van der Waals surface area contributed by atoms with E-state index in [4.69, 9.17) is 9.52 Å². The van der Waals surface area contributed by atoms with Gasteiger partial charge in [-0.3, -0.25) is 0 Å². The molecule has 3 heterocycles. The normalized spacial score (nSPS) is 18.1. The predicted octanol–water partition coefficient (Wildman–Crippen LogP) is 2.31. The molecule has 1 atom stereocenters. The van der Waals surface area contributed by atoms with Crippen LogP contribution < -0.4 is 5.06 Å². The van der Waals surface area contributed by atoms with E-state index in [9.17, 15) is 10.0 Å². The number of aromatic nitrogens is 2. The second kappa shape index (κ2) is 4.31. The van der Waals surface area contributed by atoms with Crippen LogP contribution in [0.15, 0.2) is 22.3 Å². The van der Waals surface area contributed by atoms with E-state index in [1.165, 1.54) is 6.08 Å². The van der Waals surface area contributed by atoms with Gasteiger partial charge in [0.15, 0.2) is 5.89 Å². The highest BCUT2D eigenvalue weighted by Crippen LogP contribution is 2.38. The standard InChI is InChI=1S/C13H12N3O4/c1-3-7-4-10(13(17)18)16(19)11-8(7)5-9-12(15-11)20-6(2)14-9/h4-5,7H,3H2,1-2H3,(H,17,18)/q-1. The minimum absolute atomic E-state index is 0.0698. The van der Waals surface area contributed by atoms with E-state index >= 15 is 0 Å². The van der Waals surface area contributed by atoms with Crippen LogP contribution in [0, 0.1) is 12.1 Å². The lowest BCUT2D eigenvalue weighted by Gasteiger charge is -2.36. The van der Waals surface area contributed by atoms with E-state index in [2.05, 4.69) is 9.97 Å². The summed E-state index contributed by atoms with van der Waals surface area (Å²) in [5, 5.41) is 21.5. The van der Waals surface area contributed by atoms with Crippen molar-refractivity contribution < 1.29 is 14.3 Å². The highest BCUT2D eigenvalue weighted by atomic mass is 16.5. The zero-order valence-corrected chi connectivity index (χ0v) is 11.0. The topological polar surface area (TPSA) is 103 Å². The fourth-order valence-electron chi connectivity index (χ4n) is 2.37. The van der Waals surface area contributed by atoms with Crippen molar-refractivity contribution in [2.45, 2.75) is 26.2 Å². The maximum Gasteiger partial charge on any atom is 0.351 e. The van der Waals surface area contributed by atoms with Gasteiger partial charge in [0.2, 0.25) is 5.71 Å². The molecule has 0 saturated carbocycles. The number of carboxylic acid groups (broad SMARTS) is 1. The minimum Gasteiger partial charge on any atom is -0.753 e. The molecular formula is C13H12N3O4-. The second-order valence-electron chi connectivity index (χ2n) is 4.62. The number of pyridine rings is 1. The fraction of sp³-hybridized carbons (Fsp3) is 0.308. The van der Waals surface area contributed by atoms with Crippen molar-refractivity contribution >= 4 is 23.0 Å². The number of hydrogen-bond donors (Lipinski definition) is 1. The smallest absolute Gasteiger partial charge is 0.351 e. The van der Waals surface area contributed by atoms with Crippen LogP contribution in [0.2, 0.25) is 0 Å². The Morgan fingerprint density at radius 2 is 2.30 bits per heavy atom. The second-order valence-corrected chi connectivity index (χ2v) is 4.62. The summed E-state index contributed by atoms with van der Waals surface area (Å²) >= 11 is 0. The zero-order valence-electron chi connectivity index (χ0n) is 11.0. The van der Waals surface area contributed by atoms with Gasteiger partial charge in [-0.2, -0.15) is 4.98 Å². The quantitative estimate of drug-likeness (QED) is 0.896. The van der Waals surface area contributed by atoms with E-state index in [1.807, 2.05) is 6.92 Å². The van der Waals surface area contributed by atoms with Crippen molar-refractivity contribution in [2.24, 2.45) is 0 Å². The molecule has 1 aliphatic rings. The van der Waals surface area contributed by atoms with Gasteiger partial charge in [-0.25, -0.2) is 9.78 Å². The summed E-state index contributed by atoms with van der Waals surface area (Å²) in [5.74, 6) is -0.915. The Labute approximate surface area is 114 Å². The minimum atomic E-state index is -1.26. The van der Waals surface area contributed by atoms with Crippen LogP contribution in [0.1, 0.15) is 30.7 Å². The maximum atomic E-state index is 12.1. The van der Waals surface area contributed by atoms with Crippen molar-refractivity contribution in [3.8, 4) is 0 Å². The Hall–Kier alpha value is -2.41. The van der Waals surface area contributed by atoms with Gasteiger partial charge in [0.1, 0.15) is 17.0 Å². The van der Waals surface area contributed by atoms with Crippen LogP contribution in [-0.2, 0) is 4.79 Å². The number of aliphatic carboxylic acids is 1. The molecule has 0 bridgehead atoms. The molecule has 1 aliphatic heterocycles. The Morgan fingerprint density at radius 1 is 1.55 bits per heavy atom. The molecule has 0 fully saturated rings. The first-order chi connectivity index (χ1) is 9.51. The van der Waals surface area contributed by atoms with Crippen molar-refractivity contribution in [3.63, 3.8) is 0 Å². The summed E-state index contributed by atoms with van der Waals surface area (Å²) in [6.07, 6.45) is 2.12. The van der Waals surface area contributed by atoms with E-state index < -0.39 is 5.97 Å². The summed E-state index contributed by atoms with van der Waals surface area (Å²) in [6, 6.07) is 1.74. The van der Waals surface area contributed by atoms with Gasteiger partial charge in [-0.05, 0) is 18.6 Å². The van der Waals surface area contributed by atoms with Gasteiger partial charge in [-0.1, -0.05) is 6.92 Å². The summed E-state index contributed by atoms with van der Waals surface area (Å²) in [6.45, 7) is 3.61. The molecule has 3 rings (SSSR count). The summed E-state index contributed by atoms with van der Waals surface area (Å²) in [4.78, 5) is 19.4. The molecule has 0 amide bonds. The van der Waals surface area contributed by atoms with Crippen LogP contribution in [0.4, 0.5) is 5.82 Å². The van der Waals surface area contributed by atoms with Crippen molar-refractivity contribution in [2.75, 3.05) is 5.06 Å². The number of nitrogens with zero attached hydrogens (tertiary/aromatic N) is 3. The number of aryl methyl sites for hydroxylation is 1. The monoisotopic (exact) mass is 274 g/mol. The third kappa shape index (κ3) is 1.75. The third-order valence-corrected chi connectivity index (χ3v) is 3.33. The lowest BCUT2D eigenvalue weighted by atomic mass is 9.92. The number of allylic oxidation sites excluding steroid dienone is 1. The average molecular weight is 274 g/mol. The number of rotatable bonds is 2. The van der Waals surface area contributed by atoms with Crippen LogP contribution in [-0.4, -0.2) is 21.0 Å². The molecule has 0 spiro atoms. The van der Waals surface area contributed by atoms with Crippen molar-refractivity contribution in [3.05, 3.63) is 34.5 Å². The van der Waals surface area contributed by atoms with E-state index in [-0.39, 0.29) is 23.1 Å². The molecular weight excluding hydrogens is 262 g/mol. The van der Waals surface area contributed by atoms with Crippen LogP contribution in [0.25, 0.3) is 11.2 Å². The molecule has 7 heteroatoms. The van der Waals surface area contributed by atoms with Crippen LogP contribution >= 0.6 is 0 Å². The molecule has 0 radical (unpaired) electrons. The lowest BCUT2D eigenvalue weighted by Crippen LogP contribution is -2.27. The molecule has 2 aromatic heterocycles. The molecule has 104 valence electrons. The van der Waals surface area contributed by atoms with E-state index in [1.54, 1.807) is 13.0 Å². The van der Waals surface area contributed by atoms with Gasteiger partial charge in [0.05, 0.1) is 0 Å². The van der Waals surface area contributed by atoms with Crippen LogP contribution in [0.5, 0.6) is 0 Å². The Kier molecular flexibility index (Phi) is 2.72. The van der Waals surface area contributed by atoms with Crippen LogP contribution in [0.3, 0.4) is 0 Å². The summed E-state index contributed by atoms with van der Waals surface area (Å²) < 4.78 is 5.29. The van der Waals surface area contributed by atoms with Gasteiger partial charge < -0.3 is 19.8 Å². The number of carbonyl (C=O) groups is 1. The highest BCUT2D eigenvalue weighted by molar-refractivity contribution is 5.93. The number of anilines is 1. The first kappa shape index (κ1) is 12.6. The van der Waals surface area contributed by atoms with E-state index in [0.717, 1.165) is 0 Å². The lowest BCUT2D eigenvalue weighted by molar-refractivity contribution is -0.132. The molecule has 20 heavy (non-hydrogen) atoms. The first-order valence-electron chi connectivity index (χ1n) is 6.21. The molecule has 0 aromatic carbocycles. The summed E-state index contributed by atoms with van der Waals surface area (Å²) in [7, 11) is 0. The highest BCUT2D eigenvalue weighted by Gasteiger charge is 2.26. The van der Waals surface area contributed by atoms with Gasteiger partial charge in [-0.15, -0.1) is 0 Å². The fourth-order valence-corrected chi connectivity index (χ4v) is 2.37. The molecule has 2 aromatic rings. The molecule has 1 unspecified atom stereocenters. The SMILES string of the molecule is CCC1C=C(C(=O)O)N([O-])c2nc3oc(C)nc3cc21. The van der Waals surface area contributed by atoms with Crippen molar-refractivity contribution in [1.82, 2.24) is 9.97 Å². The predicted molar refractivity (Wildman–Crippen MR) is 71.1 cm³/mol. The zero-order chi connectivity index (χ0) is 14.4. The number of carboxylic acids is 1. The third-order valence-electron chi connectivity index (χ3n) is 3.33. The Morgan fingerprint density at radius 3 is 2.95 bits per heavy atom. The number of hydrogen-bond acceptors (Lipinski definition) is 6. The number of fused-ring (bicyclic) bond motifs is 2. The molecule has 1 N–H and O–H groups in total. The maximum absolute atomic E-state index is 12.1. The van der Waals surface area contributed by atoms with Crippen molar-refractivity contribution in [1.29, 1.82) is 0 Å². The van der Waals surface area contributed by atoms with Gasteiger partial charge in [0, 0.05) is 18.4 Å². The summed E-state index contributed by atoms with van der Waals surface area (Å²) in [5.41, 5.74) is 1.17. The molecule has 7 nitrogen and oxygen atoms in total. The number of hydroxylamine groups is 1. The molecule has 0 saturated heterocycles. The van der Waals surface area contributed by atoms with Gasteiger partial charge >= 0.3 is 5.97 Å². The van der Waals surface area contributed by atoms with Gasteiger partial charge in [0.25, 0.3) is 0 Å². The molecule has 0 aliphatic carbocycles. The number of oxazole rings is 1. The van der Waals surface area contributed by atoms with E-state index in [0.29, 0.717) is 28.5 Å². The average Bonchev–Trinajstić information content (AvgIpc) is 2.76. The Bertz CT molecular complexity index is 735. The Balaban J connectivity index is 2.23. The largest absolute Gasteiger partial charge is 0.753 e. The first-order valence-corrected chi connectivity index (χ1v) is 6.21.